The van der Waals surface area contributed by atoms with Crippen molar-refractivity contribution < 1.29 is 0 Å². The first kappa shape index (κ1) is 14.0. The van der Waals surface area contributed by atoms with Crippen LogP contribution in [0.15, 0.2) is 0 Å². The average molecular weight is 224 g/mol. The lowest BCUT2D eigenvalue weighted by atomic mass is 10.0. The molecule has 16 heavy (non-hydrogen) atoms. The van der Waals surface area contributed by atoms with Gasteiger partial charge in [-0.3, -0.25) is 0 Å². The van der Waals surface area contributed by atoms with Crippen molar-refractivity contribution in [1.29, 1.82) is 0 Å². The molecular weight excluding hydrogens is 195 g/mol. The van der Waals surface area contributed by atoms with Crippen molar-refractivity contribution in [3.63, 3.8) is 0 Å². The lowest BCUT2D eigenvalue weighted by Gasteiger charge is -2.31. The molecule has 0 aromatic heterocycles. The fourth-order valence-corrected chi connectivity index (χ4v) is 2.56. The Balaban J connectivity index is 1.90. The van der Waals surface area contributed by atoms with Crippen LogP contribution in [0.1, 0.15) is 58.3 Å². The van der Waals surface area contributed by atoms with Crippen LogP contribution in [-0.4, -0.2) is 38.6 Å². The highest BCUT2D eigenvalue weighted by Crippen LogP contribution is 2.11. The Morgan fingerprint density at radius 2 is 1.69 bits per heavy atom. The van der Waals surface area contributed by atoms with Gasteiger partial charge in [-0.05, 0) is 44.9 Å². The van der Waals surface area contributed by atoms with E-state index in [-0.39, 0.29) is 0 Å². The van der Waals surface area contributed by atoms with Crippen molar-refractivity contribution in [2.45, 2.75) is 64.3 Å². The zero-order valence-corrected chi connectivity index (χ0v) is 11.3. The summed E-state index contributed by atoms with van der Waals surface area (Å²) in [5.41, 5.74) is 0. The van der Waals surface area contributed by atoms with E-state index in [4.69, 9.17) is 0 Å². The van der Waals surface area contributed by atoms with Crippen LogP contribution in [0.3, 0.4) is 0 Å². The Hall–Kier alpha value is -0.0151. The summed E-state index contributed by atoms with van der Waals surface area (Å²) >= 11 is 0. The van der Waals surface area contributed by atoms with Gasteiger partial charge < -0.3 is 10.1 Å². The summed E-state index contributed by atoms with van der Waals surface area (Å²) in [6.45, 7) is 6.23. The number of likely N-dealkylation sites (tertiary alicyclic amines) is 1. The van der Waals surface area contributed by atoms with Crippen LogP contribution in [0, 0.1) is 0 Å². The lowest BCUT2D eigenvalue weighted by molar-refractivity contribution is 0.204. The van der Waals surface area contributed by atoms with Gasteiger partial charge in [-0.15, -0.1) is 0 Å². The summed E-state index contributed by atoms with van der Waals surface area (Å²) in [6.07, 6.45) is 11.2. The van der Waals surface area contributed by atoms with Gasteiger partial charge in [0.15, 0.2) is 7.98 Å². The molecule has 1 rings (SSSR count). The Bertz CT molecular complexity index is 156. The van der Waals surface area contributed by atoms with E-state index in [9.17, 15) is 0 Å². The van der Waals surface area contributed by atoms with Crippen LogP contribution in [0.25, 0.3) is 0 Å². The molecule has 0 amide bonds. The molecule has 2 nitrogen and oxygen atoms in total. The Morgan fingerprint density at radius 3 is 2.31 bits per heavy atom. The molecule has 1 aliphatic heterocycles. The molecule has 0 unspecified atom stereocenters. The first-order valence-electron chi connectivity index (χ1n) is 7.26. The van der Waals surface area contributed by atoms with E-state index in [0.29, 0.717) is 0 Å². The van der Waals surface area contributed by atoms with Crippen molar-refractivity contribution in [2.24, 2.45) is 0 Å². The third-order valence-corrected chi connectivity index (χ3v) is 3.82. The molecule has 3 heteroatoms. The molecule has 0 spiro atoms. The minimum absolute atomic E-state index is 0.779. The number of unbranched alkanes of at least 4 members (excludes halogenated alkanes) is 5. The Labute approximate surface area is 103 Å². The molecule has 1 heterocycles. The molecule has 0 atom stereocenters. The van der Waals surface area contributed by atoms with E-state index in [1.807, 2.05) is 0 Å². The number of hydrogen-bond acceptors (Lipinski definition) is 2. The van der Waals surface area contributed by atoms with Gasteiger partial charge in [0, 0.05) is 0 Å². The largest absolute Gasteiger partial charge is 0.359 e. The molecular formula is C13H29BN2. The maximum Gasteiger partial charge on any atom is 0.182 e. The van der Waals surface area contributed by atoms with Crippen LogP contribution in [-0.2, 0) is 0 Å². The van der Waals surface area contributed by atoms with E-state index in [2.05, 4.69) is 25.0 Å². The smallest absolute Gasteiger partial charge is 0.182 e. The van der Waals surface area contributed by atoms with E-state index in [1.54, 1.807) is 0 Å². The molecule has 94 valence electrons. The molecule has 0 aromatic carbocycles. The SMILES string of the molecule is BNC1CCN(CCCCCCCC)CC1. The second kappa shape index (κ2) is 9.06. The first-order chi connectivity index (χ1) is 7.86. The number of piperidine rings is 1. The highest BCUT2D eigenvalue weighted by molar-refractivity contribution is 6.04. The molecule has 0 radical (unpaired) electrons. The Morgan fingerprint density at radius 1 is 1.06 bits per heavy atom. The van der Waals surface area contributed by atoms with Gasteiger partial charge >= 0.3 is 0 Å². The minimum Gasteiger partial charge on any atom is -0.359 e. The second-order valence-electron chi connectivity index (χ2n) is 5.17. The predicted molar refractivity (Wildman–Crippen MR) is 74.5 cm³/mol. The lowest BCUT2D eigenvalue weighted by Crippen LogP contribution is -2.41. The highest BCUT2D eigenvalue weighted by Gasteiger charge is 2.16. The van der Waals surface area contributed by atoms with E-state index in [0.717, 1.165) is 6.04 Å². The maximum atomic E-state index is 3.39. The van der Waals surface area contributed by atoms with Crippen molar-refractivity contribution in [3.8, 4) is 0 Å². The molecule has 0 saturated carbocycles. The van der Waals surface area contributed by atoms with Crippen LogP contribution in [0.5, 0.6) is 0 Å². The van der Waals surface area contributed by atoms with E-state index < -0.39 is 0 Å². The fourth-order valence-electron chi connectivity index (χ4n) is 2.56. The van der Waals surface area contributed by atoms with E-state index in [1.165, 1.54) is 71.0 Å². The summed E-state index contributed by atoms with van der Waals surface area (Å²) < 4.78 is 0. The average Bonchev–Trinajstić information content (AvgIpc) is 2.34. The first-order valence-corrected chi connectivity index (χ1v) is 7.26. The molecule has 1 N–H and O–H groups in total. The van der Waals surface area contributed by atoms with Gasteiger partial charge in [0.05, 0.1) is 0 Å². The molecule has 0 aromatic rings. The number of hydrogen-bond donors (Lipinski definition) is 1. The highest BCUT2D eigenvalue weighted by atomic mass is 15.1. The van der Waals surface area contributed by atoms with Crippen LogP contribution in [0.2, 0.25) is 0 Å². The van der Waals surface area contributed by atoms with Crippen molar-refractivity contribution in [1.82, 2.24) is 10.1 Å². The zero-order chi connectivity index (χ0) is 11.6. The molecule has 0 bridgehead atoms. The number of nitrogens with one attached hydrogen (secondary N) is 1. The summed E-state index contributed by atoms with van der Waals surface area (Å²) in [7, 11) is 2.09. The second-order valence-corrected chi connectivity index (χ2v) is 5.17. The molecule has 1 fully saturated rings. The normalized spacial score (nSPS) is 19.1. The number of rotatable bonds is 8. The zero-order valence-electron chi connectivity index (χ0n) is 11.3. The topological polar surface area (TPSA) is 15.3 Å². The third kappa shape index (κ3) is 5.90. The summed E-state index contributed by atoms with van der Waals surface area (Å²) in [6, 6.07) is 0.779. The Kier molecular flexibility index (Phi) is 7.95. The standard InChI is InChI=1S/C13H29BN2/c1-2-3-4-5-6-7-10-16-11-8-13(15-14)9-12-16/h13,15H,2-12,14H2,1H3. The fraction of sp³-hybridized carbons (Fsp3) is 1.00. The van der Waals surface area contributed by atoms with Crippen LogP contribution < -0.4 is 5.23 Å². The predicted octanol–water partition coefficient (Wildman–Crippen LogP) is 1.95. The minimum atomic E-state index is 0.779. The van der Waals surface area contributed by atoms with Crippen molar-refractivity contribution in [3.05, 3.63) is 0 Å². The third-order valence-electron chi connectivity index (χ3n) is 3.82. The van der Waals surface area contributed by atoms with Gasteiger partial charge in [0.2, 0.25) is 0 Å². The number of nitrogens with zero attached hydrogens (tertiary/aromatic N) is 1. The summed E-state index contributed by atoms with van der Waals surface area (Å²) in [4.78, 5) is 2.65. The molecule has 1 aliphatic rings. The van der Waals surface area contributed by atoms with E-state index >= 15 is 0 Å². The van der Waals surface area contributed by atoms with Crippen LogP contribution in [0.4, 0.5) is 0 Å². The van der Waals surface area contributed by atoms with Gasteiger partial charge in [-0.1, -0.05) is 39.0 Å². The van der Waals surface area contributed by atoms with Gasteiger partial charge in [-0.2, -0.15) is 0 Å². The maximum absolute atomic E-state index is 3.39. The summed E-state index contributed by atoms with van der Waals surface area (Å²) in [5, 5.41) is 3.39. The van der Waals surface area contributed by atoms with Gasteiger partial charge in [-0.25, -0.2) is 0 Å². The monoisotopic (exact) mass is 224 g/mol. The quantitative estimate of drug-likeness (QED) is 0.500. The summed E-state index contributed by atoms with van der Waals surface area (Å²) in [5.74, 6) is 0. The molecule has 0 aliphatic carbocycles. The molecule has 1 saturated heterocycles. The van der Waals surface area contributed by atoms with Gasteiger partial charge in [0.1, 0.15) is 0 Å². The van der Waals surface area contributed by atoms with Crippen LogP contribution >= 0.6 is 0 Å². The van der Waals surface area contributed by atoms with Gasteiger partial charge in [0.25, 0.3) is 0 Å². The van der Waals surface area contributed by atoms with Crippen molar-refractivity contribution in [2.75, 3.05) is 19.6 Å². The van der Waals surface area contributed by atoms with Crippen molar-refractivity contribution >= 4 is 7.98 Å².